The van der Waals surface area contributed by atoms with Crippen molar-refractivity contribution in [1.29, 1.82) is 0 Å². The standard InChI is InChI=1S/C13H10Br2N2O4/c1-21-12-3-2-10(17(19)20)4-8(12)6-16-7-9(14)5-11(15)13(16)18/h2-5,7H,6H2,1H3. The largest absolute Gasteiger partial charge is 0.496 e. The Labute approximate surface area is 136 Å². The minimum absolute atomic E-state index is 0.0482. The summed E-state index contributed by atoms with van der Waals surface area (Å²) in [6, 6.07) is 5.93. The lowest BCUT2D eigenvalue weighted by Crippen LogP contribution is -2.21. The van der Waals surface area contributed by atoms with Gasteiger partial charge in [0.05, 0.1) is 23.1 Å². The molecular formula is C13H10Br2N2O4. The third-order valence-corrected chi connectivity index (χ3v) is 3.83. The quantitative estimate of drug-likeness (QED) is 0.564. The molecule has 8 heteroatoms. The molecule has 1 aromatic carbocycles. The second-order valence-corrected chi connectivity index (χ2v) is 5.96. The van der Waals surface area contributed by atoms with E-state index in [-0.39, 0.29) is 17.8 Å². The molecule has 0 aliphatic carbocycles. The van der Waals surface area contributed by atoms with Crippen LogP contribution >= 0.6 is 31.9 Å². The van der Waals surface area contributed by atoms with Crippen LogP contribution in [0.4, 0.5) is 5.69 Å². The summed E-state index contributed by atoms with van der Waals surface area (Å²) >= 11 is 6.49. The van der Waals surface area contributed by atoms with Gasteiger partial charge < -0.3 is 9.30 Å². The fraction of sp³-hybridized carbons (Fsp3) is 0.154. The zero-order valence-electron chi connectivity index (χ0n) is 10.9. The third-order valence-electron chi connectivity index (χ3n) is 2.82. The molecule has 0 spiro atoms. The third kappa shape index (κ3) is 3.51. The van der Waals surface area contributed by atoms with Gasteiger partial charge in [0.25, 0.3) is 11.2 Å². The summed E-state index contributed by atoms with van der Waals surface area (Å²) in [6.45, 7) is 0.168. The van der Waals surface area contributed by atoms with Crippen LogP contribution in [-0.2, 0) is 6.54 Å². The summed E-state index contributed by atoms with van der Waals surface area (Å²) < 4.78 is 7.76. The van der Waals surface area contributed by atoms with Gasteiger partial charge in [-0.2, -0.15) is 0 Å². The summed E-state index contributed by atoms with van der Waals surface area (Å²) in [7, 11) is 1.48. The van der Waals surface area contributed by atoms with Crippen molar-refractivity contribution in [2.45, 2.75) is 6.54 Å². The Balaban J connectivity index is 2.50. The van der Waals surface area contributed by atoms with Crippen LogP contribution < -0.4 is 10.3 Å². The van der Waals surface area contributed by atoms with Crippen molar-refractivity contribution in [3.8, 4) is 5.75 Å². The number of nitrogens with zero attached hydrogens (tertiary/aromatic N) is 2. The average molecular weight is 418 g/mol. The van der Waals surface area contributed by atoms with E-state index in [1.807, 2.05) is 0 Å². The number of nitro groups is 1. The van der Waals surface area contributed by atoms with Crippen molar-refractivity contribution < 1.29 is 9.66 Å². The first kappa shape index (κ1) is 15.7. The molecule has 0 saturated carbocycles. The van der Waals surface area contributed by atoms with E-state index in [9.17, 15) is 14.9 Å². The molecule has 0 aliphatic heterocycles. The minimum Gasteiger partial charge on any atom is -0.496 e. The number of ether oxygens (including phenoxy) is 1. The highest BCUT2D eigenvalue weighted by Gasteiger charge is 2.13. The van der Waals surface area contributed by atoms with E-state index in [2.05, 4.69) is 31.9 Å². The van der Waals surface area contributed by atoms with Gasteiger partial charge in [-0.3, -0.25) is 14.9 Å². The average Bonchev–Trinajstić information content (AvgIpc) is 2.44. The first-order chi connectivity index (χ1) is 9.92. The van der Waals surface area contributed by atoms with Crippen LogP contribution in [0.3, 0.4) is 0 Å². The van der Waals surface area contributed by atoms with Gasteiger partial charge >= 0.3 is 0 Å². The van der Waals surface area contributed by atoms with Gasteiger partial charge in [-0.25, -0.2) is 0 Å². The van der Waals surface area contributed by atoms with E-state index < -0.39 is 4.92 Å². The van der Waals surface area contributed by atoms with Crippen molar-refractivity contribution in [1.82, 2.24) is 4.57 Å². The first-order valence-corrected chi connectivity index (χ1v) is 7.37. The molecule has 0 atom stereocenters. The lowest BCUT2D eigenvalue weighted by Gasteiger charge is -2.11. The molecule has 1 heterocycles. The predicted octanol–water partition coefficient (Wildman–Crippen LogP) is 3.34. The van der Waals surface area contributed by atoms with E-state index in [0.29, 0.717) is 15.8 Å². The molecule has 0 radical (unpaired) electrons. The van der Waals surface area contributed by atoms with E-state index in [0.717, 1.165) is 4.47 Å². The SMILES string of the molecule is COc1ccc([N+](=O)[O-])cc1Cn1cc(Br)cc(Br)c1=O. The minimum atomic E-state index is -0.484. The van der Waals surface area contributed by atoms with Gasteiger partial charge in [-0.05, 0) is 44.0 Å². The zero-order chi connectivity index (χ0) is 15.6. The lowest BCUT2D eigenvalue weighted by atomic mass is 10.1. The van der Waals surface area contributed by atoms with Crippen LogP contribution in [0, 0.1) is 10.1 Å². The summed E-state index contributed by atoms with van der Waals surface area (Å²) in [4.78, 5) is 22.4. The maximum Gasteiger partial charge on any atom is 0.270 e. The number of halogens is 2. The van der Waals surface area contributed by atoms with Crippen LogP contribution in [0.15, 0.2) is 44.2 Å². The lowest BCUT2D eigenvalue weighted by molar-refractivity contribution is -0.384. The van der Waals surface area contributed by atoms with Gasteiger partial charge in [0.15, 0.2) is 0 Å². The molecule has 6 nitrogen and oxygen atoms in total. The van der Waals surface area contributed by atoms with Crippen LogP contribution in [0.25, 0.3) is 0 Å². The Morgan fingerprint density at radius 3 is 2.67 bits per heavy atom. The van der Waals surface area contributed by atoms with Crippen molar-refractivity contribution in [2.24, 2.45) is 0 Å². The van der Waals surface area contributed by atoms with Gasteiger partial charge in [0.1, 0.15) is 5.75 Å². The zero-order valence-corrected chi connectivity index (χ0v) is 14.0. The number of nitro benzene ring substituents is 1. The number of benzene rings is 1. The number of hydrogen-bond donors (Lipinski definition) is 0. The maximum absolute atomic E-state index is 12.1. The van der Waals surface area contributed by atoms with Crippen molar-refractivity contribution in [2.75, 3.05) is 7.11 Å². The summed E-state index contributed by atoms with van der Waals surface area (Å²) in [6.07, 6.45) is 1.62. The molecule has 0 unspecified atom stereocenters. The predicted molar refractivity (Wildman–Crippen MR) is 84.9 cm³/mol. The molecule has 110 valence electrons. The Kier molecular flexibility index (Phi) is 4.79. The Morgan fingerprint density at radius 1 is 1.33 bits per heavy atom. The Bertz CT molecular complexity index is 758. The van der Waals surface area contributed by atoms with Crippen molar-refractivity contribution in [3.63, 3.8) is 0 Å². The number of hydrogen-bond acceptors (Lipinski definition) is 4. The Hall–Kier alpha value is -1.67. The molecule has 21 heavy (non-hydrogen) atoms. The monoisotopic (exact) mass is 416 g/mol. The Morgan fingerprint density at radius 2 is 2.05 bits per heavy atom. The molecule has 0 N–H and O–H groups in total. The highest BCUT2D eigenvalue weighted by molar-refractivity contribution is 9.11. The maximum atomic E-state index is 12.1. The molecule has 2 rings (SSSR count). The topological polar surface area (TPSA) is 74.4 Å². The number of aromatic nitrogens is 1. The van der Waals surface area contributed by atoms with Crippen LogP contribution in [0.2, 0.25) is 0 Å². The molecule has 0 bridgehead atoms. The van der Waals surface area contributed by atoms with Crippen LogP contribution in [0.5, 0.6) is 5.75 Å². The second-order valence-electron chi connectivity index (χ2n) is 4.19. The van der Waals surface area contributed by atoms with E-state index in [1.165, 1.54) is 29.9 Å². The number of methoxy groups -OCH3 is 1. The van der Waals surface area contributed by atoms with Gasteiger partial charge in [0.2, 0.25) is 0 Å². The van der Waals surface area contributed by atoms with Crippen molar-refractivity contribution >= 4 is 37.5 Å². The molecular weight excluding hydrogens is 408 g/mol. The second kappa shape index (κ2) is 6.40. The van der Waals surface area contributed by atoms with Gasteiger partial charge in [-0.1, -0.05) is 0 Å². The molecule has 0 saturated heterocycles. The highest BCUT2D eigenvalue weighted by Crippen LogP contribution is 2.25. The normalized spacial score (nSPS) is 10.4. The fourth-order valence-corrected chi connectivity index (χ4v) is 3.13. The van der Waals surface area contributed by atoms with Gasteiger partial charge in [-0.15, -0.1) is 0 Å². The van der Waals surface area contributed by atoms with Crippen LogP contribution in [0.1, 0.15) is 5.56 Å². The molecule has 0 amide bonds. The number of non-ortho nitro benzene ring substituents is 1. The van der Waals surface area contributed by atoms with Gasteiger partial charge in [0, 0.05) is 28.4 Å². The molecule has 0 aliphatic rings. The number of rotatable bonds is 4. The first-order valence-electron chi connectivity index (χ1n) is 5.79. The highest BCUT2D eigenvalue weighted by atomic mass is 79.9. The van der Waals surface area contributed by atoms with Crippen molar-refractivity contribution in [3.05, 3.63) is 65.4 Å². The van der Waals surface area contributed by atoms with E-state index >= 15 is 0 Å². The smallest absolute Gasteiger partial charge is 0.270 e. The molecule has 2 aromatic rings. The molecule has 0 fully saturated rings. The van der Waals surface area contributed by atoms with Crippen LogP contribution in [-0.4, -0.2) is 16.6 Å². The number of pyridine rings is 1. The summed E-state index contributed by atoms with van der Waals surface area (Å²) in [5, 5.41) is 10.9. The molecule has 1 aromatic heterocycles. The summed E-state index contributed by atoms with van der Waals surface area (Å²) in [5.74, 6) is 0.489. The van der Waals surface area contributed by atoms with E-state index in [4.69, 9.17) is 4.74 Å². The fourth-order valence-electron chi connectivity index (χ4n) is 1.87. The summed E-state index contributed by atoms with van der Waals surface area (Å²) in [5.41, 5.74) is 0.276. The van der Waals surface area contributed by atoms with E-state index in [1.54, 1.807) is 12.3 Å².